The van der Waals surface area contributed by atoms with Crippen molar-refractivity contribution in [2.75, 3.05) is 26.2 Å². The van der Waals surface area contributed by atoms with Gasteiger partial charge in [0.15, 0.2) is 0 Å². The third kappa shape index (κ3) is 10.2. The average Bonchev–Trinajstić information content (AvgIpc) is 2.75. The van der Waals surface area contributed by atoms with E-state index in [0.29, 0.717) is 0 Å². The van der Waals surface area contributed by atoms with Crippen LogP contribution in [0.15, 0.2) is 0 Å². The average molecular weight is 435 g/mol. The fourth-order valence-corrected chi connectivity index (χ4v) is 6.49. The van der Waals surface area contributed by atoms with Crippen molar-refractivity contribution in [2.45, 2.75) is 143 Å². The smallest absolute Gasteiger partial charge is 0.00669 e. The molecule has 1 saturated carbocycles. The van der Waals surface area contributed by atoms with E-state index in [1.54, 1.807) is 0 Å². The molecular weight excluding hydrogens is 376 g/mol. The van der Waals surface area contributed by atoms with E-state index < -0.39 is 0 Å². The van der Waals surface area contributed by atoms with Crippen LogP contribution >= 0.6 is 0 Å². The monoisotopic (exact) mass is 434 g/mol. The van der Waals surface area contributed by atoms with Gasteiger partial charge in [0.1, 0.15) is 0 Å². The molecule has 1 N–H and O–H groups in total. The Kier molecular flexibility index (Phi) is 13.8. The third-order valence-electron chi connectivity index (χ3n) is 8.59. The summed E-state index contributed by atoms with van der Waals surface area (Å²) >= 11 is 0. The first-order valence-corrected chi connectivity index (χ1v) is 14.6. The van der Waals surface area contributed by atoms with Crippen LogP contribution in [0.4, 0.5) is 0 Å². The first kappa shape index (κ1) is 27.2. The summed E-state index contributed by atoms with van der Waals surface area (Å²) in [6, 6.07) is 0.778. The molecule has 0 amide bonds. The second kappa shape index (κ2) is 15.7. The molecule has 184 valence electrons. The van der Waals surface area contributed by atoms with Crippen LogP contribution in [0.5, 0.6) is 0 Å². The van der Waals surface area contributed by atoms with Gasteiger partial charge < -0.3 is 10.2 Å². The van der Waals surface area contributed by atoms with Crippen LogP contribution in [-0.2, 0) is 0 Å². The largest absolute Gasteiger partial charge is 0.314 e. The van der Waals surface area contributed by atoms with E-state index in [9.17, 15) is 0 Å². The van der Waals surface area contributed by atoms with Gasteiger partial charge in [-0.3, -0.25) is 0 Å². The highest BCUT2D eigenvalue weighted by molar-refractivity contribution is 4.97. The molecule has 0 aromatic heterocycles. The minimum Gasteiger partial charge on any atom is -0.314 e. The summed E-state index contributed by atoms with van der Waals surface area (Å²) in [5.74, 6) is 1.98. The molecule has 2 rings (SSSR count). The number of nitrogens with zero attached hydrogens (tertiary/aromatic N) is 1. The molecule has 0 radical (unpaired) electrons. The normalized spacial score (nSPS) is 21.3. The summed E-state index contributed by atoms with van der Waals surface area (Å²) in [6.45, 7) is 14.8. The Morgan fingerprint density at radius 3 is 2.06 bits per heavy atom. The van der Waals surface area contributed by atoms with E-state index in [1.807, 2.05) is 0 Å². The summed E-state index contributed by atoms with van der Waals surface area (Å²) in [6.07, 6.45) is 24.2. The minimum absolute atomic E-state index is 0.743. The molecule has 1 spiro atoms. The second-order valence-corrected chi connectivity index (χ2v) is 11.4. The zero-order valence-corrected chi connectivity index (χ0v) is 22.0. The molecule has 1 heterocycles. The Morgan fingerprint density at radius 1 is 0.774 bits per heavy atom. The van der Waals surface area contributed by atoms with Crippen molar-refractivity contribution in [3.05, 3.63) is 0 Å². The Bertz CT molecular complexity index is 418. The Hall–Kier alpha value is -0.0800. The lowest BCUT2D eigenvalue weighted by Gasteiger charge is -2.53. The summed E-state index contributed by atoms with van der Waals surface area (Å²) in [5.41, 5.74) is 0.743. The van der Waals surface area contributed by atoms with Crippen LogP contribution in [0.3, 0.4) is 0 Å². The van der Waals surface area contributed by atoms with Crippen molar-refractivity contribution in [1.29, 1.82) is 0 Å². The number of hydrogen-bond acceptors (Lipinski definition) is 2. The number of hydrogen-bond donors (Lipinski definition) is 1. The van der Waals surface area contributed by atoms with Gasteiger partial charge in [0.05, 0.1) is 0 Å². The van der Waals surface area contributed by atoms with E-state index in [1.165, 1.54) is 135 Å². The van der Waals surface area contributed by atoms with E-state index in [4.69, 9.17) is 0 Å². The summed E-state index contributed by atoms with van der Waals surface area (Å²) in [7, 11) is 0. The first-order chi connectivity index (χ1) is 15.1. The van der Waals surface area contributed by atoms with Crippen LogP contribution in [0, 0.1) is 17.3 Å². The number of likely N-dealkylation sites (tertiary alicyclic amines) is 1. The van der Waals surface area contributed by atoms with Crippen molar-refractivity contribution in [2.24, 2.45) is 17.3 Å². The number of piperidine rings is 1. The third-order valence-corrected chi connectivity index (χ3v) is 8.59. The predicted molar refractivity (Wildman–Crippen MR) is 139 cm³/mol. The van der Waals surface area contributed by atoms with Crippen LogP contribution in [-0.4, -0.2) is 37.1 Å². The highest BCUT2D eigenvalue weighted by Gasteiger charge is 2.45. The molecule has 0 aromatic carbocycles. The van der Waals surface area contributed by atoms with Crippen LogP contribution in [0.2, 0.25) is 0 Å². The standard InChI is InChI=1S/C29H58N2/c1-5-9-12-15-26(14-10-6-2)25-31-21-18-29(19-22-31)23-27(24-29)17-20-30-28(13-8-4)16-11-7-3/h26-28,30H,5-25H2,1-4H3. The molecule has 2 heteroatoms. The molecule has 2 atom stereocenters. The minimum atomic E-state index is 0.743. The molecular formula is C29H58N2. The summed E-state index contributed by atoms with van der Waals surface area (Å²) in [5, 5.41) is 3.90. The van der Waals surface area contributed by atoms with Crippen LogP contribution in [0.25, 0.3) is 0 Å². The topological polar surface area (TPSA) is 15.3 Å². The quantitative estimate of drug-likeness (QED) is 0.219. The van der Waals surface area contributed by atoms with Gasteiger partial charge in [0.2, 0.25) is 0 Å². The van der Waals surface area contributed by atoms with Crippen LogP contribution < -0.4 is 5.32 Å². The molecule has 1 aliphatic heterocycles. The van der Waals surface area contributed by atoms with Gasteiger partial charge in [-0.15, -0.1) is 0 Å². The number of unbranched alkanes of at least 4 members (excludes halogenated alkanes) is 4. The molecule has 2 fully saturated rings. The highest BCUT2D eigenvalue weighted by Crippen LogP contribution is 2.53. The molecule has 1 saturated heterocycles. The maximum atomic E-state index is 3.90. The SMILES string of the molecule is CCCCCC(CCCC)CN1CCC2(CC1)CC(CCNC(CCC)CCCC)C2. The van der Waals surface area contributed by atoms with Crippen molar-refractivity contribution in [3.63, 3.8) is 0 Å². The van der Waals surface area contributed by atoms with Crippen molar-refractivity contribution >= 4 is 0 Å². The van der Waals surface area contributed by atoms with E-state index >= 15 is 0 Å². The van der Waals surface area contributed by atoms with Gasteiger partial charge in [-0.25, -0.2) is 0 Å². The van der Waals surface area contributed by atoms with Crippen molar-refractivity contribution in [1.82, 2.24) is 10.2 Å². The zero-order chi connectivity index (χ0) is 22.4. The summed E-state index contributed by atoms with van der Waals surface area (Å²) < 4.78 is 0. The maximum absolute atomic E-state index is 3.90. The van der Waals surface area contributed by atoms with E-state index in [0.717, 1.165) is 23.3 Å². The van der Waals surface area contributed by atoms with Gasteiger partial charge in [0, 0.05) is 12.6 Å². The number of rotatable bonds is 18. The maximum Gasteiger partial charge on any atom is 0.00669 e. The Balaban J connectivity index is 1.61. The molecule has 2 nitrogen and oxygen atoms in total. The van der Waals surface area contributed by atoms with Crippen molar-refractivity contribution in [3.8, 4) is 0 Å². The Morgan fingerprint density at radius 2 is 1.42 bits per heavy atom. The fraction of sp³-hybridized carbons (Fsp3) is 1.00. The number of nitrogens with one attached hydrogen (secondary N) is 1. The molecule has 31 heavy (non-hydrogen) atoms. The molecule has 0 aromatic rings. The van der Waals surface area contributed by atoms with Gasteiger partial charge in [-0.1, -0.05) is 79.1 Å². The van der Waals surface area contributed by atoms with Gasteiger partial charge >= 0.3 is 0 Å². The Labute approximate surface area is 196 Å². The molecule has 1 aliphatic carbocycles. The van der Waals surface area contributed by atoms with Gasteiger partial charge in [-0.2, -0.15) is 0 Å². The summed E-state index contributed by atoms with van der Waals surface area (Å²) in [4.78, 5) is 2.84. The van der Waals surface area contributed by atoms with Gasteiger partial charge in [0.25, 0.3) is 0 Å². The lowest BCUT2D eigenvalue weighted by atomic mass is 9.57. The lowest BCUT2D eigenvalue weighted by Crippen LogP contribution is -2.48. The second-order valence-electron chi connectivity index (χ2n) is 11.4. The first-order valence-electron chi connectivity index (χ1n) is 14.6. The van der Waals surface area contributed by atoms with Crippen molar-refractivity contribution < 1.29 is 0 Å². The highest BCUT2D eigenvalue weighted by atomic mass is 15.1. The zero-order valence-electron chi connectivity index (χ0n) is 22.0. The van der Waals surface area contributed by atoms with Crippen LogP contribution in [0.1, 0.15) is 137 Å². The van der Waals surface area contributed by atoms with E-state index in [2.05, 4.69) is 37.9 Å². The molecule has 2 aliphatic rings. The van der Waals surface area contributed by atoms with E-state index in [-0.39, 0.29) is 0 Å². The lowest BCUT2D eigenvalue weighted by molar-refractivity contribution is -0.0199. The fourth-order valence-electron chi connectivity index (χ4n) is 6.49. The molecule has 0 bridgehead atoms. The predicted octanol–water partition coefficient (Wildman–Crippen LogP) is 8.20. The molecule has 2 unspecified atom stereocenters. The van der Waals surface area contributed by atoms with Gasteiger partial charge in [-0.05, 0) is 94.7 Å².